The fourth-order valence-electron chi connectivity index (χ4n) is 11.7. The van der Waals surface area contributed by atoms with E-state index in [2.05, 4.69) is 121 Å². The number of aryl methyl sites for hydroxylation is 4. The summed E-state index contributed by atoms with van der Waals surface area (Å²) in [4.78, 5) is 122. The molecule has 8 aromatic rings. The van der Waals surface area contributed by atoms with Gasteiger partial charge in [-0.3, -0.25) is 34.2 Å². The van der Waals surface area contributed by atoms with Gasteiger partial charge in [0.1, 0.15) is 52.6 Å². The third-order valence-electron chi connectivity index (χ3n) is 16.8. The first-order chi connectivity index (χ1) is 55.3. The third-order valence-corrected chi connectivity index (χ3v) is 18.8. The second-order valence-corrected chi connectivity index (χ2v) is 32.6. The zero-order valence-corrected chi connectivity index (χ0v) is 78.4. The molecular weight excluding hydrogens is 1790 g/mol. The van der Waals surface area contributed by atoms with E-state index in [1.54, 1.807) is 98.2 Å². The molecule has 4 aliphatic rings. The number of nitrogens with one attached hydrogen (secondary N) is 7. The van der Waals surface area contributed by atoms with E-state index in [0.29, 0.717) is 63.0 Å². The number of aromatic nitrogens is 6. The lowest BCUT2D eigenvalue weighted by molar-refractivity contribution is -0.121. The summed E-state index contributed by atoms with van der Waals surface area (Å²) in [5, 5.41) is 35.2. The first-order valence-electron chi connectivity index (χ1n) is 39.1. The Hall–Kier alpha value is -9.50. The standard InChI is InChI=1S/C21H20BrN5O2.2C16H21BrN2O3.C15H19BrN2O3.C10H9N3O2.4C2H6.H2S/c1-27-17-12-15(22)9-7-14(17)8-10-16(21(27)29)23-20(28)19-24-18(25-26-19)11-13-5-3-2-4-6-13;2*1-16(2,3)22-15(21)18-12-8-6-10-5-7-11(17)9-13(10)19(4)14(12)20;1-15(2,3)21-14(20)18-11-7-5-9-4-6-10(16)8-12(9)17-13(11)19;14-10(15)9-11-8(12-13-9)6-7-4-2-1-3-5-7;4*1-2;/h2-7,9,12,16H,8,10-11H2,1H3,(H,23,28)(H,24,25,26);2*5,7,9,12H,6,8H2,1-4H3,(H,18,21);4,6,8,11H,5,7H2,1-3H3,(H,17,19)(H,18,20);1-5H,6H2,(H,14,15)(H,11,12,13);4*1-2H3;1H2/t16-;2*12-;11-;;;;;;/m0000....../s1. The van der Waals surface area contributed by atoms with Crippen LogP contribution in [0.25, 0.3) is 0 Å². The van der Waals surface area contributed by atoms with Crippen LogP contribution in [0.5, 0.6) is 0 Å². The Labute approximate surface area is 734 Å². The Morgan fingerprint density at radius 1 is 0.432 bits per heavy atom. The molecule has 6 heterocycles. The third kappa shape index (κ3) is 33.7. The highest BCUT2D eigenvalue weighted by atomic mass is 79.9. The van der Waals surface area contributed by atoms with Gasteiger partial charge in [-0.05, 0) is 196 Å². The van der Waals surface area contributed by atoms with Gasteiger partial charge in [-0.25, -0.2) is 29.1 Å². The van der Waals surface area contributed by atoms with E-state index in [0.717, 1.165) is 86.9 Å². The summed E-state index contributed by atoms with van der Waals surface area (Å²) in [5.74, 6) is -1.23. The number of H-pyrrole nitrogens is 2. The van der Waals surface area contributed by atoms with Gasteiger partial charge in [0.2, 0.25) is 29.5 Å². The number of anilines is 4. The number of amides is 8. The maximum absolute atomic E-state index is 12.9. The molecule has 0 radical (unpaired) electrons. The fraction of sp³-hybridized carbons (Fsp3) is 0.430. The van der Waals surface area contributed by atoms with Crippen LogP contribution in [0.15, 0.2) is 151 Å². The number of fused-ring (bicyclic) bond motifs is 4. The minimum absolute atomic E-state index is 0. The zero-order chi connectivity index (χ0) is 87.7. The van der Waals surface area contributed by atoms with Gasteiger partial charge in [0.15, 0.2) is 0 Å². The van der Waals surface area contributed by atoms with Gasteiger partial charge >= 0.3 is 24.2 Å². The van der Waals surface area contributed by atoms with E-state index in [9.17, 15) is 43.2 Å². The van der Waals surface area contributed by atoms with Crippen molar-refractivity contribution in [2.75, 3.05) is 41.2 Å². The molecule has 4 atom stereocenters. The molecule has 12 rings (SSSR count). The number of aromatic amines is 2. The minimum Gasteiger partial charge on any atom is -0.475 e. The van der Waals surface area contributed by atoms with Crippen molar-refractivity contribution in [3.63, 3.8) is 0 Å². The van der Waals surface area contributed by atoms with Gasteiger partial charge < -0.3 is 60.6 Å². The maximum Gasteiger partial charge on any atom is 0.408 e. The van der Waals surface area contributed by atoms with Crippen LogP contribution in [0.1, 0.15) is 210 Å². The van der Waals surface area contributed by atoms with E-state index in [1.807, 2.05) is 189 Å². The quantitative estimate of drug-likeness (QED) is 0.0590. The molecule has 0 aliphatic carbocycles. The van der Waals surface area contributed by atoms with Crippen molar-refractivity contribution in [3.8, 4) is 0 Å². The average molecular weight is 1910 g/mol. The second kappa shape index (κ2) is 49.8. The topological polar surface area (TPSA) is 355 Å². The molecule has 4 aliphatic heterocycles. The summed E-state index contributed by atoms with van der Waals surface area (Å²) in [7, 11) is 5.17. The van der Waals surface area contributed by atoms with E-state index >= 15 is 0 Å². The van der Waals surface area contributed by atoms with E-state index in [1.165, 1.54) is 0 Å². The summed E-state index contributed by atoms with van der Waals surface area (Å²) in [5.41, 5.74) is 8.05. The Morgan fingerprint density at radius 3 is 1.07 bits per heavy atom. The van der Waals surface area contributed by atoms with Gasteiger partial charge in [-0.2, -0.15) is 13.5 Å². The summed E-state index contributed by atoms with van der Waals surface area (Å²) >= 11 is 13.7. The molecule has 0 bridgehead atoms. The van der Waals surface area contributed by atoms with Crippen LogP contribution < -0.4 is 41.3 Å². The molecule has 6 aromatic carbocycles. The Morgan fingerprint density at radius 2 is 0.729 bits per heavy atom. The number of likely N-dealkylation sites (N-methyl/N-ethyl adjacent to an activating group) is 3. The molecule has 8 N–H and O–H groups in total. The molecular formula is C86H116Br4N14O13S. The first kappa shape index (κ1) is 103. The Balaban J connectivity index is 0.000000377. The number of carbonyl (C=O) groups is 9. The zero-order valence-electron chi connectivity index (χ0n) is 71.1. The number of carbonyl (C=O) groups excluding carboxylic acids is 8. The second-order valence-electron chi connectivity index (χ2n) is 28.9. The van der Waals surface area contributed by atoms with Crippen LogP contribution >= 0.6 is 77.2 Å². The van der Waals surface area contributed by atoms with Crippen LogP contribution in [0.3, 0.4) is 0 Å². The lowest BCUT2D eigenvalue weighted by Gasteiger charge is -2.24. The number of halogens is 4. The predicted molar refractivity (Wildman–Crippen MR) is 483 cm³/mol. The summed E-state index contributed by atoms with van der Waals surface area (Å²) in [6.45, 7) is 32.1. The molecule has 0 saturated carbocycles. The highest BCUT2D eigenvalue weighted by molar-refractivity contribution is 9.11. The number of hydrogen-bond donors (Lipinski definition) is 8. The Kier molecular flexibility index (Phi) is 43.3. The minimum atomic E-state index is -1.12. The Bertz CT molecular complexity index is 4490. The van der Waals surface area contributed by atoms with Crippen molar-refractivity contribution >= 4 is 154 Å². The highest BCUT2D eigenvalue weighted by Crippen LogP contribution is 2.33. The van der Waals surface area contributed by atoms with Crippen molar-refractivity contribution < 1.29 is 62.5 Å². The number of carboxylic acid groups (broad SMARTS) is 1. The number of nitrogens with zero attached hydrogens (tertiary/aromatic N) is 7. The highest BCUT2D eigenvalue weighted by Gasteiger charge is 2.35. The number of hydrogen-bond acceptors (Lipinski definition) is 16. The van der Waals surface area contributed by atoms with Crippen LogP contribution in [-0.2, 0) is 71.9 Å². The van der Waals surface area contributed by atoms with Gasteiger partial charge in [0.05, 0.1) is 0 Å². The predicted octanol–water partition coefficient (Wildman–Crippen LogP) is 17.9. The summed E-state index contributed by atoms with van der Waals surface area (Å²) in [6, 6.07) is 40.5. The van der Waals surface area contributed by atoms with E-state index in [-0.39, 0.29) is 48.8 Å². The van der Waals surface area contributed by atoms with Crippen molar-refractivity contribution in [2.24, 2.45) is 0 Å². The average Bonchev–Trinajstić information content (AvgIpc) is 1.67. The largest absolute Gasteiger partial charge is 0.475 e. The number of alkyl carbamates (subject to hydrolysis) is 3. The van der Waals surface area contributed by atoms with Gasteiger partial charge in [-0.15, -0.1) is 10.2 Å². The molecule has 27 nitrogen and oxygen atoms in total. The number of benzene rings is 6. The summed E-state index contributed by atoms with van der Waals surface area (Å²) < 4.78 is 19.3. The first-order valence-corrected chi connectivity index (χ1v) is 42.2. The molecule has 0 spiro atoms. The van der Waals surface area contributed by atoms with Gasteiger partial charge in [0.25, 0.3) is 11.7 Å². The van der Waals surface area contributed by atoms with Crippen molar-refractivity contribution in [1.82, 2.24) is 51.6 Å². The van der Waals surface area contributed by atoms with Gasteiger partial charge in [-0.1, -0.05) is 204 Å². The molecule has 0 saturated heterocycles. The molecule has 8 amide bonds. The lowest BCUT2D eigenvalue weighted by Crippen LogP contribution is -2.48. The van der Waals surface area contributed by atoms with E-state index in [4.69, 9.17) is 19.3 Å². The van der Waals surface area contributed by atoms with E-state index < -0.39 is 71.1 Å². The number of ether oxygens (including phenoxy) is 3. The monoisotopic (exact) mass is 1900 g/mol. The normalized spacial score (nSPS) is 15.6. The fourth-order valence-corrected chi connectivity index (χ4v) is 13.1. The number of carboxylic acids is 1. The maximum atomic E-state index is 12.9. The summed E-state index contributed by atoms with van der Waals surface area (Å²) in [6.07, 6.45) is 4.42. The van der Waals surface area contributed by atoms with Crippen LogP contribution in [-0.4, -0.2) is 151 Å². The van der Waals surface area contributed by atoms with Crippen molar-refractivity contribution in [2.45, 2.75) is 223 Å². The van der Waals surface area contributed by atoms with Crippen molar-refractivity contribution in [3.05, 3.63) is 208 Å². The number of rotatable bonds is 10. The van der Waals surface area contributed by atoms with Crippen LogP contribution in [0, 0.1) is 0 Å². The molecule has 32 heteroatoms. The van der Waals surface area contributed by atoms with Crippen LogP contribution in [0.2, 0.25) is 0 Å². The SMILES string of the molecule is CC.CC.CC.CC.CC(C)(C)OC(=O)N[C@H]1CCc2ccc(Br)cc2NC1=O.CN1C(=O)[C@@H](NC(=O)OC(C)(C)C)CCc2ccc(Br)cc21.CN1C(=O)[C@@H](NC(=O)OC(C)(C)C)CCc2ccc(Br)cc21.CN1C(=O)[C@@H](NC(=O)c2n[nH]c(Cc3ccccc3)n2)CCc2ccc(Br)cc21.O=C(O)c1n[nH]c(Cc2ccccc2)n1.S. The van der Waals surface area contributed by atoms with Gasteiger partial charge in [0, 0.05) is 74.6 Å². The molecule has 2 aromatic heterocycles. The molecule has 118 heavy (non-hydrogen) atoms. The molecule has 0 unspecified atom stereocenters. The molecule has 0 fully saturated rings. The smallest absolute Gasteiger partial charge is 0.408 e. The molecule has 642 valence electrons. The van der Waals surface area contributed by atoms with Crippen molar-refractivity contribution in [1.29, 1.82) is 0 Å². The van der Waals surface area contributed by atoms with Crippen LogP contribution in [0.4, 0.5) is 37.1 Å². The number of aromatic carboxylic acids is 1. The lowest BCUT2D eigenvalue weighted by atomic mass is 10.1.